The molecule has 0 spiro atoms. The Morgan fingerprint density at radius 1 is 1.14 bits per heavy atom. The average Bonchev–Trinajstić information content (AvgIpc) is 2.63. The lowest BCUT2D eigenvalue weighted by molar-refractivity contribution is -0.141. The molecule has 0 aliphatic carbocycles. The van der Waals surface area contributed by atoms with Gasteiger partial charge in [0.15, 0.2) is 0 Å². The van der Waals surface area contributed by atoms with Gasteiger partial charge in [0.1, 0.15) is 6.04 Å². The maximum atomic E-state index is 13.2. The molecule has 28 heavy (non-hydrogen) atoms. The second-order valence-corrected chi connectivity index (χ2v) is 9.05. The first-order chi connectivity index (χ1) is 12.9. The van der Waals surface area contributed by atoms with Crippen molar-refractivity contribution in [2.24, 2.45) is 11.3 Å². The molecule has 0 bridgehead atoms. The van der Waals surface area contributed by atoms with Gasteiger partial charge in [-0.25, -0.2) is 4.79 Å². The fourth-order valence-electron chi connectivity index (χ4n) is 3.07. The molecule has 0 aromatic carbocycles. The van der Waals surface area contributed by atoms with Crippen LogP contribution >= 0.6 is 11.6 Å². The first-order valence-electron chi connectivity index (χ1n) is 10.2. The number of nitrogens with zero attached hydrogens (tertiary/aromatic N) is 2. The smallest absolute Gasteiger partial charge is 0.317 e. The van der Waals surface area contributed by atoms with Gasteiger partial charge in [-0.2, -0.15) is 0 Å². The highest BCUT2D eigenvalue weighted by atomic mass is 35.5. The molecular weight excluding hydrogens is 380 g/mol. The minimum absolute atomic E-state index is 0.000140. The lowest BCUT2D eigenvalue weighted by Crippen LogP contribution is -2.62. The zero-order valence-electron chi connectivity index (χ0n) is 18.3. The Bertz CT molecular complexity index is 568. The Hall–Kier alpha value is -1.50. The van der Waals surface area contributed by atoms with Gasteiger partial charge in [-0.1, -0.05) is 20.3 Å². The molecule has 3 unspecified atom stereocenters. The number of carbonyl (C=O) groups is 3. The summed E-state index contributed by atoms with van der Waals surface area (Å²) in [5.41, 5.74) is -0.742. The Labute approximate surface area is 174 Å². The highest BCUT2D eigenvalue weighted by Gasteiger charge is 2.37. The van der Waals surface area contributed by atoms with Crippen molar-refractivity contribution in [3.8, 4) is 0 Å². The molecule has 0 radical (unpaired) electrons. The number of piperazine rings is 1. The lowest BCUT2D eigenvalue weighted by Gasteiger charge is -2.42. The summed E-state index contributed by atoms with van der Waals surface area (Å²) >= 11 is 5.91. The number of nitrogens with one attached hydrogen (secondary N) is 2. The zero-order valence-corrected chi connectivity index (χ0v) is 19.1. The van der Waals surface area contributed by atoms with Crippen LogP contribution in [0.5, 0.6) is 0 Å². The van der Waals surface area contributed by atoms with E-state index in [4.69, 9.17) is 11.6 Å². The minimum Gasteiger partial charge on any atom is -0.344 e. The summed E-state index contributed by atoms with van der Waals surface area (Å²) in [4.78, 5) is 41.6. The van der Waals surface area contributed by atoms with E-state index in [2.05, 4.69) is 10.6 Å². The standard InChI is InChI=1S/C20H37ClN4O3/c1-8-14(4)16(23-18(27)20(6,7)12-21)17(26)24-9-10-25(15(5)11-24)19(28)22-13(2)3/h13-16H,8-12H2,1-7H3,(H,22,28)(H,23,27). The average molecular weight is 417 g/mol. The van der Waals surface area contributed by atoms with E-state index >= 15 is 0 Å². The fourth-order valence-corrected chi connectivity index (χ4v) is 3.19. The molecule has 162 valence electrons. The number of hydrogen-bond donors (Lipinski definition) is 2. The molecule has 1 saturated heterocycles. The molecule has 4 amide bonds. The number of alkyl halides is 1. The first kappa shape index (κ1) is 24.5. The first-order valence-corrected chi connectivity index (χ1v) is 10.7. The van der Waals surface area contributed by atoms with Crippen LogP contribution in [-0.2, 0) is 9.59 Å². The van der Waals surface area contributed by atoms with Crippen LogP contribution in [0.25, 0.3) is 0 Å². The van der Waals surface area contributed by atoms with Gasteiger partial charge in [-0.05, 0) is 40.5 Å². The van der Waals surface area contributed by atoms with Crippen LogP contribution in [0.1, 0.15) is 54.9 Å². The Kier molecular flexibility index (Phi) is 9.05. The van der Waals surface area contributed by atoms with E-state index in [1.807, 2.05) is 34.6 Å². The molecule has 0 aromatic rings. The predicted molar refractivity (Wildman–Crippen MR) is 112 cm³/mol. The molecule has 7 nitrogen and oxygen atoms in total. The molecule has 1 heterocycles. The quantitative estimate of drug-likeness (QED) is 0.625. The Morgan fingerprint density at radius 2 is 1.75 bits per heavy atom. The molecule has 0 aromatic heterocycles. The summed E-state index contributed by atoms with van der Waals surface area (Å²) in [7, 11) is 0. The van der Waals surface area contributed by atoms with Gasteiger partial charge in [0, 0.05) is 37.6 Å². The number of amides is 4. The van der Waals surface area contributed by atoms with Crippen molar-refractivity contribution in [2.75, 3.05) is 25.5 Å². The summed E-state index contributed by atoms with van der Waals surface area (Å²) in [6.45, 7) is 14.7. The number of halogens is 1. The third-order valence-electron chi connectivity index (χ3n) is 5.33. The van der Waals surface area contributed by atoms with Gasteiger partial charge in [0.05, 0.1) is 5.41 Å². The van der Waals surface area contributed by atoms with Crippen LogP contribution in [0.3, 0.4) is 0 Å². The van der Waals surface area contributed by atoms with Crippen molar-refractivity contribution in [2.45, 2.75) is 73.0 Å². The molecular formula is C20H37ClN4O3. The highest BCUT2D eigenvalue weighted by Crippen LogP contribution is 2.20. The van der Waals surface area contributed by atoms with E-state index in [1.165, 1.54) is 0 Å². The maximum Gasteiger partial charge on any atom is 0.317 e. The predicted octanol–water partition coefficient (Wildman–Crippen LogP) is 2.43. The molecule has 2 N–H and O–H groups in total. The summed E-state index contributed by atoms with van der Waals surface area (Å²) in [5, 5.41) is 5.82. The van der Waals surface area contributed by atoms with Crippen LogP contribution in [-0.4, -0.2) is 71.3 Å². The van der Waals surface area contributed by atoms with Gasteiger partial charge in [-0.15, -0.1) is 11.6 Å². The van der Waals surface area contributed by atoms with Gasteiger partial charge < -0.3 is 20.4 Å². The third-order valence-corrected chi connectivity index (χ3v) is 5.99. The van der Waals surface area contributed by atoms with E-state index in [9.17, 15) is 14.4 Å². The van der Waals surface area contributed by atoms with Gasteiger partial charge >= 0.3 is 6.03 Å². The summed E-state index contributed by atoms with van der Waals surface area (Å²) < 4.78 is 0. The molecule has 8 heteroatoms. The monoisotopic (exact) mass is 416 g/mol. The van der Waals surface area contributed by atoms with Crippen LogP contribution in [0.4, 0.5) is 4.79 Å². The lowest BCUT2D eigenvalue weighted by atomic mass is 9.92. The summed E-state index contributed by atoms with van der Waals surface area (Å²) in [5.74, 6) is -0.130. The van der Waals surface area contributed by atoms with Gasteiger partial charge in [0.2, 0.25) is 11.8 Å². The van der Waals surface area contributed by atoms with Crippen LogP contribution in [0.15, 0.2) is 0 Å². The maximum absolute atomic E-state index is 13.2. The van der Waals surface area contributed by atoms with E-state index in [0.717, 1.165) is 6.42 Å². The number of hydrogen-bond acceptors (Lipinski definition) is 3. The van der Waals surface area contributed by atoms with Crippen LogP contribution < -0.4 is 10.6 Å². The van der Waals surface area contributed by atoms with Crippen molar-refractivity contribution in [3.05, 3.63) is 0 Å². The zero-order chi connectivity index (χ0) is 21.6. The van der Waals surface area contributed by atoms with Crippen molar-refractivity contribution in [3.63, 3.8) is 0 Å². The summed E-state index contributed by atoms with van der Waals surface area (Å²) in [6, 6.07) is -0.730. The molecule has 3 atom stereocenters. The normalized spacial score (nSPS) is 20.0. The second kappa shape index (κ2) is 10.3. The fraction of sp³-hybridized carbons (Fsp3) is 0.850. The van der Waals surface area contributed by atoms with E-state index in [0.29, 0.717) is 19.6 Å². The molecule has 1 fully saturated rings. The van der Waals surface area contributed by atoms with Crippen molar-refractivity contribution < 1.29 is 14.4 Å². The van der Waals surface area contributed by atoms with Crippen LogP contribution in [0, 0.1) is 11.3 Å². The SMILES string of the molecule is CCC(C)C(NC(=O)C(C)(C)CCl)C(=O)N1CCN(C(=O)NC(C)C)C(C)C1. The van der Waals surface area contributed by atoms with Crippen molar-refractivity contribution >= 4 is 29.4 Å². The highest BCUT2D eigenvalue weighted by molar-refractivity contribution is 6.19. The molecule has 1 rings (SSSR count). The largest absolute Gasteiger partial charge is 0.344 e. The van der Waals surface area contributed by atoms with E-state index < -0.39 is 11.5 Å². The topological polar surface area (TPSA) is 81.8 Å². The number of carbonyl (C=O) groups excluding carboxylic acids is 3. The number of urea groups is 1. The van der Waals surface area contributed by atoms with E-state index in [1.54, 1.807) is 23.6 Å². The van der Waals surface area contributed by atoms with E-state index in [-0.39, 0.29) is 41.7 Å². The van der Waals surface area contributed by atoms with Gasteiger partial charge in [-0.3, -0.25) is 9.59 Å². The second-order valence-electron chi connectivity index (χ2n) is 8.79. The summed E-state index contributed by atoms with van der Waals surface area (Å²) in [6.07, 6.45) is 0.768. The minimum atomic E-state index is -0.742. The molecule has 0 saturated carbocycles. The van der Waals surface area contributed by atoms with Crippen molar-refractivity contribution in [1.29, 1.82) is 0 Å². The Morgan fingerprint density at radius 3 is 2.21 bits per heavy atom. The molecule has 1 aliphatic rings. The van der Waals surface area contributed by atoms with Crippen LogP contribution in [0.2, 0.25) is 0 Å². The Balaban J connectivity index is 2.85. The van der Waals surface area contributed by atoms with Gasteiger partial charge in [0.25, 0.3) is 0 Å². The number of rotatable bonds is 7. The third kappa shape index (κ3) is 6.26. The van der Waals surface area contributed by atoms with Crippen molar-refractivity contribution in [1.82, 2.24) is 20.4 Å². The molecule has 1 aliphatic heterocycles.